The maximum absolute atomic E-state index is 13.5. The number of para-hydroxylation sites is 1. The molecule has 0 saturated carbocycles. The molecule has 194 valence electrons. The Hall–Kier alpha value is -4.62. The Morgan fingerprint density at radius 1 is 0.923 bits per heavy atom. The molecule has 0 unspecified atom stereocenters. The molecule has 1 N–H and O–H groups in total. The van der Waals surface area contributed by atoms with E-state index in [-0.39, 0.29) is 18.0 Å². The van der Waals surface area contributed by atoms with E-state index in [4.69, 9.17) is 9.73 Å². The summed E-state index contributed by atoms with van der Waals surface area (Å²) in [5.41, 5.74) is 4.93. The number of carbonyl (C=O) groups excluding carboxylic acids is 1. The third kappa shape index (κ3) is 6.64. The van der Waals surface area contributed by atoms with Crippen LogP contribution in [-0.2, 0) is 17.9 Å². The minimum Gasteiger partial charge on any atom is -0.489 e. The van der Waals surface area contributed by atoms with Gasteiger partial charge in [0.1, 0.15) is 12.4 Å². The number of aryl methyl sites for hydroxylation is 1. The number of amides is 1. The maximum Gasteiger partial charge on any atom is 0.335 e. The van der Waals surface area contributed by atoms with E-state index in [1.165, 1.54) is 17.3 Å². The lowest BCUT2D eigenvalue weighted by molar-refractivity contribution is -0.122. The molecule has 0 spiro atoms. The fourth-order valence-electron chi connectivity index (χ4n) is 4.06. The van der Waals surface area contributed by atoms with Gasteiger partial charge in [-0.2, -0.15) is 0 Å². The summed E-state index contributed by atoms with van der Waals surface area (Å²) in [6.07, 6.45) is 1.85. The van der Waals surface area contributed by atoms with Gasteiger partial charge in [-0.1, -0.05) is 72.3 Å². The number of carboxylic acids is 1. The zero-order chi connectivity index (χ0) is 27.2. The highest BCUT2D eigenvalue weighted by Gasteiger charge is 2.33. The summed E-state index contributed by atoms with van der Waals surface area (Å²) < 4.78 is 5.93. The van der Waals surface area contributed by atoms with E-state index >= 15 is 0 Å². The Morgan fingerprint density at radius 3 is 2.36 bits per heavy atom. The third-order valence-corrected chi connectivity index (χ3v) is 7.08. The van der Waals surface area contributed by atoms with Crippen LogP contribution in [0.3, 0.4) is 0 Å². The maximum atomic E-state index is 13.5. The number of aromatic carboxylic acids is 1. The predicted molar refractivity (Wildman–Crippen MR) is 155 cm³/mol. The lowest BCUT2D eigenvalue weighted by atomic mass is 10.1. The molecule has 1 heterocycles. The number of amidine groups is 1. The molecular formula is C32H26N2O4S. The van der Waals surface area contributed by atoms with Gasteiger partial charge in [0.25, 0.3) is 5.91 Å². The molecule has 0 aliphatic carbocycles. The Bertz CT molecular complexity index is 1550. The van der Waals surface area contributed by atoms with Gasteiger partial charge in [-0.3, -0.25) is 9.69 Å². The Kier molecular flexibility index (Phi) is 7.89. The highest BCUT2D eigenvalue weighted by Crippen LogP contribution is 2.35. The summed E-state index contributed by atoms with van der Waals surface area (Å²) in [7, 11) is 0. The van der Waals surface area contributed by atoms with Crippen molar-refractivity contribution in [2.45, 2.75) is 20.1 Å². The minimum atomic E-state index is -0.988. The van der Waals surface area contributed by atoms with E-state index in [2.05, 4.69) is 19.1 Å². The molecule has 4 aromatic carbocycles. The monoisotopic (exact) mass is 534 g/mol. The van der Waals surface area contributed by atoms with E-state index in [0.717, 1.165) is 28.1 Å². The van der Waals surface area contributed by atoms with Crippen molar-refractivity contribution in [2.24, 2.45) is 4.99 Å². The number of nitrogens with zero attached hydrogens (tertiary/aromatic N) is 2. The van der Waals surface area contributed by atoms with Crippen LogP contribution in [0.1, 0.15) is 32.6 Å². The van der Waals surface area contributed by atoms with Crippen LogP contribution in [0.4, 0.5) is 5.69 Å². The van der Waals surface area contributed by atoms with Crippen LogP contribution in [0.15, 0.2) is 113 Å². The van der Waals surface area contributed by atoms with Gasteiger partial charge >= 0.3 is 5.97 Å². The van der Waals surface area contributed by atoms with Gasteiger partial charge in [-0.25, -0.2) is 9.79 Å². The summed E-state index contributed by atoms with van der Waals surface area (Å²) in [4.78, 5) is 31.6. The zero-order valence-corrected chi connectivity index (χ0v) is 22.1. The molecule has 1 fully saturated rings. The van der Waals surface area contributed by atoms with Crippen molar-refractivity contribution in [1.82, 2.24) is 4.90 Å². The fourth-order valence-corrected chi connectivity index (χ4v) is 5.06. The largest absolute Gasteiger partial charge is 0.489 e. The molecular weight excluding hydrogens is 508 g/mol. The van der Waals surface area contributed by atoms with E-state index in [0.29, 0.717) is 16.7 Å². The number of carboxylic acid groups (broad SMARTS) is 1. The van der Waals surface area contributed by atoms with Crippen molar-refractivity contribution in [3.8, 4) is 5.75 Å². The molecule has 1 aliphatic heterocycles. The normalized spacial score (nSPS) is 15.2. The van der Waals surface area contributed by atoms with Gasteiger partial charge in [0.05, 0.1) is 22.7 Å². The van der Waals surface area contributed by atoms with Gasteiger partial charge < -0.3 is 9.84 Å². The summed E-state index contributed by atoms with van der Waals surface area (Å²) in [6.45, 7) is 2.82. The SMILES string of the molecule is Cc1cccc(COc2ccc(/C=C3\SC(=Nc4ccccc4)N(Cc4ccc(C(=O)O)cc4)C3=O)cc2)c1. The molecule has 1 saturated heterocycles. The van der Waals surface area contributed by atoms with Gasteiger partial charge in [0.2, 0.25) is 0 Å². The molecule has 4 aromatic rings. The quantitative estimate of drug-likeness (QED) is 0.245. The second-order valence-electron chi connectivity index (χ2n) is 9.08. The first-order valence-electron chi connectivity index (χ1n) is 12.4. The van der Waals surface area contributed by atoms with E-state index < -0.39 is 5.97 Å². The van der Waals surface area contributed by atoms with Gasteiger partial charge in [-0.15, -0.1) is 0 Å². The smallest absolute Gasteiger partial charge is 0.335 e. The summed E-state index contributed by atoms with van der Waals surface area (Å²) in [6, 6.07) is 31.9. The number of ether oxygens (including phenoxy) is 1. The Morgan fingerprint density at radius 2 is 1.67 bits per heavy atom. The second kappa shape index (κ2) is 11.8. The molecule has 5 rings (SSSR count). The molecule has 39 heavy (non-hydrogen) atoms. The molecule has 1 amide bonds. The minimum absolute atomic E-state index is 0.156. The van der Waals surface area contributed by atoms with Crippen LogP contribution in [0.2, 0.25) is 0 Å². The summed E-state index contributed by atoms with van der Waals surface area (Å²) >= 11 is 1.32. The van der Waals surface area contributed by atoms with E-state index in [9.17, 15) is 14.7 Å². The number of rotatable bonds is 8. The molecule has 7 heteroatoms. The molecule has 0 bridgehead atoms. The van der Waals surface area contributed by atoms with Crippen LogP contribution in [0, 0.1) is 6.92 Å². The van der Waals surface area contributed by atoms with Crippen molar-refractivity contribution in [1.29, 1.82) is 0 Å². The van der Waals surface area contributed by atoms with Crippen molar-refractivity contribution < 1.29 is 19.4 Å². The number of thioether (sulfide) groups is 1. The first kappa shape index (κ1) is 26.0. The van der Waals surface area contributed by atoms with Crippen molar-refractivity contribution in [2.75, 3.05) is 0 Å². The highest BCUT2D eigenvalue weighted by molar-refractivity contribution is 8.18. The fraction of sp³-hybridized carbons (Fsp3) is 0.0938. The average molecular weight is 535 g/mol. The van der Waals surface area contributed by atoms with Crippen molar-refractivity contribution in [3.63, 3.8) is 0 Å². The van der Waals surface area contributed by atoms with Crippen molar-refractivity contribution >= 4 is 40.6 Å². The van der Waals surface area contributed by atoms with Crippen LogP contribution in [0.5, 0.6) is 5.75 Å². The van der Waals surface area contributed by atoms with Crippen LogP contribution >= 0.6 is 11.8 Å². The summed E-state index contributed by atoms with van der Waals surface area (Å²) in [5, 5.41) is 9.76. The Labute approximate surface area is 231 Å². The standard InChI is InChI=1S/C32H26N2O4S/c1-22-6-5-7-25(18-22)21-38-28-16-12-23(13-17-28)19-29-30(35)34(20-24-10-14-26(15-11-24)31(36)37)32(39-29)33-27-8-3-2-4-9-27/h2-19H,20-21H2,1H3,(H,36,37)/b29-19-,33-32?. The van der Waals surface area contributed by atoms with Crippen LogP contribution in [-0.4, -0.2) is 27.1 Å². The number of hydrogen-bond donors (Lipinski definition) is 1. The topological polar surface area (TPSA) is 79.2 Å². The average Bonchev–Trinajstić information content (AvgIpc) is 3.22. The molecule has 6 nitrogen and oxygen atoms in total. The van der Waals surface area contributed by atoms with Crippen LogP contribution in [0.25, 0.3) is 6.08 Å². The molecule has 1 aliphatic rings. The first-order chi connectivity index (χ1) is 18.9. The lowest BCUT2D eigenvalue weighted by Gasteiger charge is -2.16. The second-order valence-corrected chi connectivity index (χ2v) is 10.1. The number of benzene rings is 4. The Balaban J connectivity index is 1.35. The number of hydrogen-bond acceptors (Lipinski definition) is 5. The zero-order valence-electron chi connectivity index (χ0n) is 21.3. The number of carbonyl (C=O) groups is 2. The van der Waals surface area contributed by atoms with Crippen molar-refractivity contribution in [3.05, 3.63) is 136 Å². The lowest BCUT2D eigenvalue weighted by Crippen LogP contribution is -2.28. The van der Waals surface area contributed by atoms with Gasteiger partial charge in [0.15, 0.2) is 5.17 Å². The predicted octanol–water partition coefficient (Wildman–Crippen LogP) is 7.08. The van der Waals surface area contributed by atoms with Gasteiger partial charge in [0, 0.05) is 0 Å². The van der Waals surface area contributed by atoms with E-state index in [1.807, 2.05) is 72.8 Å². The van der Waals surface area contributed by atoms with Gasteiger partial charge in [-0.05, 0) is 77.9 Å². The van der Waals surface area contributed by atoms with E-state index in [1.54, 1.807) is 29.2 Å². The first-order valence-corrected chi connectivity index (χ1v) is 13.2. The van der Waals surface area contributed by atoms with Crippen LogP contribution < -0.4 is 4.74 Å². The summed E-state index contributed by atoms with van der Waals surface area (Å²) in [5.74, 6) is -0.393. The highest BCUT2D eigenvalue weighted by atomic mass is 32.2. The third-order valence-electron chi connectivity index (χ3n) is 6.08. The molecule has 0 radical (unpaired) electrons. The molecule has 0 atom stereocenters. The molecule has 0 aromatic heterocycles. The number of aliphatic imine (C=N–C) groups is 1.